The molecule has 0 saturated carbocycles. The van der Waals surface area contributed by atoms with Gasteiger partial charge >= 0.3 is 0 Å². The summed E-state index contributed by atoms with van der Waals surface area (Å²) in [5, 5.41) is 8.62. The highest BCUT2D eigenvalue weighted by Crippen LogP contribution is 2.13. The van der Waals surface area contributed by atoms with E-state index >= 15 is 0 Å². The molecule has 0 fully saturated rings. The molecule has 24 nitrogen and oxygen atoms in total. The van der Waals surface area contributed by atoms with Crippen LogP contribution in [0.2, 0.25) is 0 Å². The van der Waals surface area contributed by atoms with Crippen molar-refractivity contribution in [3.8, 4) is 0 Å². The Balaban J connectivity index is 3.08. The van der Waals surface area contributed by atoms with Crippen LogP contribution in [0, 0.1) is 0 Å². The van der Waals surface area contributed by atoms with Crippen LogP contribution in [0.3, 0.4) is 0 Å². The molecule has 518 valence electrons. The van der Waals surface area contributed by atoms with Gasteiger partial charge in [0, 0.05) is 6.61 Å². The Morgan fingerprint density at radius 2 is 0.233 bits per heavy atom. The van der Waals surface area contributed by atoms with Gasteiger partial charge in [0.1, 0.15) is 0 Å². The first-order valence-electron chi connectivity index (χ1n) is 32.8. The predicted molar refractivity (Wildman–Crippen MR) is 326 cm³/mol. The van der Waals surface area contributed by atoms with Crippen molar-refractivity contribution in [1.82, 2.24) is 0 Å². The summed E-state index contributed by atoms with van der Waals surface area (Å²) in [6.07, 6.45) is 19.2. The molecule has 0 aromatic carbocycles. The number of aliphatic hydroxyl groups excluding tert-OH is 1. The quantitative estimate of drug-likeness (QED) is 0.0705. The third kappa shape index (κ3) is 83.0. The predicted octanol–water partition coefficient (Wildman–Crippen LogP) is 5.84. The first-order valence-corrected chi connectivity index (χ1v) is 32.8. The molecule has 0 rings (SSSR count). The summed E-state index contributed by atoms with van der Waals surface area (Å²) >= 11 is 0. The Morgan fingerprint density at radius 1 is 0.128 bits per heavy atom. The summed E-state index contributed by atoms with van der Waals surface area (Å²) in [5.74, 6) is 0. The minimum absolute atomic E-state index is 0.0188. The van der Waals surface area contributed by atoms with Crippen molar-refractivity contribution in [3.63, 3.8) is 0 Å². The minimum Gasteiger partial charge on any atom is -0.394 e. The van der Waals surface area contributed by atoms with E-state index in [1.165, 1.54) is 83.5 Å². The minimum atomic E-state index is 0.0188. The molecule has 0 aromatic rings. The lowest BCUT2D eigenvalue weighted by atomic mass is 10.0. The summed E-state index contributed by atoms with van der Waals surface area (Å²) in [6.45, 7) is 25.6. The third-order valence-corrected chi connectivity index (χ3v) is 12.1. The van der Waals surface area contributed by atoms with Gasteiger partial charge in [-0.05, 0) is 6.42 Å². The standard InChI is InChI=1S/C62H126O24/c1-2-3-4-5-6-7-8-9-10-11-12-13-14-15-17-64-19-21-66-23-25-68-27-29-70-31-33-72-35-37-74-39-41-76-43-45-78-47-49-80-51-53-82-55-57-84-59-61-86-62-60-85-58-56-83-54-52-81-50-48-79-46-44-77-42-40-75-38-36-73-34-32-71-30-28-69-26-24-67-22-20-65-18-16-63/h63H,2-62H2,1H3. The summed E-state index contributed by atoms with van der Waals surface area (Å²) in [7, 11) is 0. The van der Waals surface area contributed by atoms with E-state index in [1.54, 1.807) is 0 Å². The van der Waals surface area contributed by atoms with Crippen molar-refractivity contribution in [3.05, 3.63) is 0 Å². The molecule has 86 heavy (non-hydrogen) atoms. The molecule has 0 atom stereocenters. The van der Waals surface area contributed by atoms with Crippen LogP contribution < -0.4 is 0 Å². The SMILES string of the molecule is CCCCCCCCCCCCCCCCOCCOCCOCCOCCOCCOCCOCCOCCOCCOCCOCCOCCOCCOCCOCCOCCOCCOCCOCCOCCOCCOCCOCCO. The summed E-state index contributed by atoms with van der Waals surface area (Å²) < 4.78 is 127. The summed E-state index contributed by atoms with van der Waals surface area (Å²) in [5.41, 5.74) is 0. The zero-order valence-corrected chi connectivity index (χ0v) is 54.0. The van der Waals surface area contributed by atoms with E-state index in [4.69, 9.17) is 114 Å². The topological polar surface area (TPSA) is 233 Å². The van der Waals surface area contributed by atoms with Crippen LogP contribution in [0.5, 0.6) is 0 Å². The Bertz CT molecular complexity index is 1060. The molecule has 0 heterocycles. The van der Waals surface area contributed by atoms with Gasteiger partial charge in [0.2, 0.25) is 0 Å². The fraction of sp³-hybridized carbons (Fsp3) is 1.00. The maximum atomic E-state index is 8.62. The van der Waals surface area contributed by atoms with Crippen molar-refractivity contribution >= 4 is 0 Å². The van der Waals surface area contributed by atoms with Gasteiger partial charge < -0.3 is 114 Å². The van der Waals surface area contributed by atoms with Crippen molar-refractivity contribution in [1.29, 1.82) is 0 Å². The van der Waals surface area contributed by atoms with Crippen molar-refractivity contribution < 1.29 is 114 Å². The Morgan fingerprint density at radius 3 is 0.360 bits per heavy atom. The summed E-state index contributed by atoms with van der Waals surface area (Å²) in [4.78, 5) is 0. The maximum absolute atomic E-state index is 8.62. The first-order chi connectivity index (χ1) is 42.9. The van der Waals surface area contributed by atoms with Crippen LogP contribution in [0.15, 0.2) is 0 Å². The highest BCUT2D eigenvalue weighted by atomic mass is 16.6. The van der Waals surface area contributed by atoms with Gasteiger partial charge in [-0.15, -0.1) is 0 Å². The smallest absolute Gasteiger partial charge is 0.0701 e. The van der Waals surface area contributed by atoms with Crippen LogP contribution in [0.1, 0.15) is 96.8 Å². The number of ether oxygens (including phenoxy) is 23. The van der Waals surface area contributed by atoms with Gasteiger partial charge in [-0.25, -0.2) is 0 Å². The first kappa shape index (κ1) is 85.0. The molecular formula is C62H126O24. The zero-order chi connectivity index (χ0) is 61.4. The van der Waals surface area contributed by atoms with E-state index < -0.39 is 0 Å². The number of hydrogen-bond acceptors (Lipinski definition) is 24. The molecule has 0 radical (unpaired) electrons. The molecule has 1 N–H and O–H groups in total. The molecule has 0 aliphatic heterocycles. The summed E-state index contributed by atoms with van der Waals surface area (Å²) in [6, 6.07) is 0. The Hall–Kier alpha value is -0.960. The highest BCUT2D eigenvalue weighted by molar-refractivity contribution is 4.50. The molecule has 0 aliphatic carbocycles. The van der Waals surface area contributed by atoms with Crippen LogP contribution in [0.4, 0.5) is 0 Å². The van der Waals surface area contributed by atoms with E-state index in [2.05, 4.69) is 6.92 Å². The normalized spacial score (nSPS) is 11.8. The van der Waals surface area contributed by atoms with Crippen molar-refractivity contribution in [2.75, 3.05) is 311 Å². The van der Waals surface area contributed by atoms with Crippen LogP contribution in [0.25, 0.3) is 0 Å². The molecule has 0 unspecified atom stereocenters. The average Bonchev–Trinajstić information content (AvgIpc) is 3.52. The molecule has 0 saturated heterocycles. The second-order valence-electron chi connectivity index (χ2n) is 19.4. The number of unbranched alkanes of at least 4 members (excludes halogenated alkanes) is 13. The largest absolute Gasteiger partial charge is 0.394 e. The van der Waals surface area contributed by atoms with Gasteiger partial charge in [0.25, 0.3) is 0 Å². The van der Waals surface area contributed by atoms with Gasteiger partial charge in [0.15, 0.2) is 0 Å². The van der Waals surface area contributed by atoms with E-state index in [9.17, 15) is 0 Å². The second kappa shape index (κ2) is 84.0. The van der Waals surface area contributed by atoms with Crippen LogP contribution in [-0.4, -0.2) is 316 Å². The fourth-order valence-electron chi connectivity index (χ4n) is 7.40. The Kier molecular flexibility index (Phi) is 83.1. The van der Waals surface area contributed by atoms with Crippen molar-refractivity contribution in [2.45, 2.75) is 96.8 Å². The molecule has 0 aliphatic rings. The lowest BCUT2D eigenvalue weighted by Crippen LogP contribution is -2.16. The van der Waals surface area contributed by atoms with E-state index in [0.717, 1.165) is 13.0 Å². The van der Waals surface area contributed by atoms with Gasteiger partial charge in [-0.2, -0.15) is 0 Å². The van der Waals surface area contributed by atoms with Gasteiger partial charge in [-0.3, -0.25) is 0 Å². The lowest BCUT2D eigenvalue weighted by Gasteiger charge is -2.09. The second-order valence-corrected chi connectivity index (χ2v) is 19.4. The molecule has 0 bridgehead atoms. The number of hydrogen-bond donors (Lipinski definition) is 1. The van der Waals surface area contributed by atoms with Crippen LogP contribution in [-0.2, 0) is 109 Å². The van der Waals surface area contributed by atoms with E-state index in [-0.39, 0.29) is 6.61 Å². The molecule has 0 spiro atoms. The van der Waals surface area contributed by atoms with Gasteiger partial charge in [0.05, 0.1) is 304 Å². The van der Waals surface area contributed by atoms with E-state index in [1.807, 2.05) is 0 Å². The fourth-order valence-corrected chi connectivity index (χ4v) is 7.40. The van der Waals surface area contributed by atoms with E-state index in [0.29, 0.717) is 297 Å². The van der Waals surface area contributed by atoms with Gasteiger partial charge in [-0.1, -0.05) is 90.4 Å². The molecule has 24 heteroatoms. The molecular weight excluding hydrogens is 1130 g/mol. The highest BCUT2D eigenvalue weighted by Gasteiger charge is 2.01. The zero-order valence-electron chi connectivity index (χ0n) is 54.0. The monoisotopic (exact) mass is 1250 g/mol. The average molecular weight is 1260 g/mol. The Labute approximate surface area is 519 Å². The van der Waals surface area contributed by atoms with Crippen LogP contribution >= 0.6 is 0 Å². The lowest BCUT2D eigenvalue weighted by molar-refractivity contribution is -0.0319. The third-order valence-electron chi connectivity index (χ3n) is 12.1. The maximum Gasteiger partial charge on any atom is 0.0701 e. The molecule has 0 aromatic heterocycles. The number of rotatable bonds is 83. The van der Waals surface area contributed by atoms with Crippen molar-refractivity contribution in [2.24, 2.45) is 0 Å². The number of aliphatic hydroxyl groups is 1. The molecule has 0 amide bonds.